The summed E-state index contributed by atoms with van der Waals surface area (Å²) in [6.07, 6.45) is 0. The highest BCUT2D eigenvalue weighted by atomic mass is 16.5. The molecule has 1 unspecified atom stereocenters. The van der Waals surface area contributed by atoms with Crippen LogP contribution in [0.3, 0.4) is 0 Å². The van der Waals surface area contributed by atoms with E-state index in [2.05, 4.69) is 4.74 Å². The van der Waals surface area contributed by atoms with E-state index in [9.17, 15) is 9.59 Å². The minimum atomic E-state index is -1.09. The van der Waals surface area contributed by atoms with E-state index in [1.165, 1.54) is 6.92 Å². The summed E-state index contributed by atoms with van der Waals surface area (Å²) in [6.45, 7) is 0.934. The molecular formula is C6H10O5. The Balaban J connectivity index is 3.39. The molecule has 0 aromatic carbocycles. The zero-order chi connectivity index (χ0) is 8.85. The van der Waals surface area contributed by atoms with Gasteiger partial charge in [-0.15, -0.1) is 0 Å². The molecule has 0 amide bonds. The van der Waals surface area contributed by atoms with E-state index in [1.54, 1.807) is 0 Å². The standard InChI is InChI=1S/C6H10O5/c1-4(6(9)10)2-11-3-5(7)8/h4H,2-3H2,1H3,(H,7,8)(H,9,10). The molecule has 64 valence electrons. The van der Waals surface area contributed by atoms with E-state index in [4.69, 9.17) is 10.2 Å². The number of carbonyl (C=O) groups is 2. The Morgan fingerprint density at radius 1 is 1.45 bits per heavy atom. The minimum absolute atomic E-state index is 0.0678. The summed E-state index contributed by atoms with van der Waals surface area (Å²) in [6, 6.07) is 0. The van der Waals surface area contributed by atoms with Gasteiger partial charge in [0, 0.05) is 0 Å². The molecule has 0 aliphatic rings. The maximum Gasteiger partial charge on any atom is 0.329 e. The SMILES string of the molecule is CC(COCC(=O)O)C(=O)O. The first kappa shape index (κ1) is 9.90. The van der Waals surface area contributed by atoms with Crippen LogP contribution in [0, 0.1) is 5.92 Å². The fourth-order valence-electron chi connectivity index (χ4n) is 0.394. The van der Waals surface area contributed by atoms with Gasteiger partial charge in [0.15, 0.2) is 0 Å². The number of carboxylic acids is 2. The van der Waals surface area contributed by atoms with Crippen molar-refractivity contribution in [3.63, 3.8) is 0 Å². The number of hydrogen-bond donors (Lipinski definition) is 2. The highest BCUT2D eigenvalue weighted by Crippen LogP contribution is 1.94. The molecule has 0 rings (SSSR count). The van der Waals surface area contributed by atoms with Crippen molar-refractivity contribution in [1.82, 2.24) is 0 Å². The van der Waals surface area contributed by atoms with Crippen LogP contribution >= 0.6 is 0 Å². The molecule has 1 atom stereocenters. The molecule has 0 aliphatic heterocycles. The highest BCUT2D eigenvalue weighted by molar-refractivity contribution is 5.70. The topological polar surface area (TPSA) is 83.8 Å². The van der Waals surface area contributed by atoms with Crippen molar-refractivity contribution >= 4 is 11.9 Å². The molecule has 0 aromatic heterocycles. The molecule has 0 aromatic rings. The smallest absolute Gasteiger partial charge is 0.329 e. The molecule has 2 N–H and O–H groups in total. The van der Waals surface area contributed by atoms with Gasteiger partial charge in [0.1, 0.15) is 6.61 Å². The van der Waals surface area contributed by atoms with Crippen LogP contribution in [0.15, 0.2) is 0 Å². The van der Waals surface area contributed by atoms with E-state index < -0.39 is 24.5 Å². The van der Waals surface area contributed by atoms with Gasteiger partial charge in [0.05, 0.1) is 12.5 Å². The zero-order valence-electron chi connectivity index (χ0n) is 6.11. The number of carboxylic acid groups (broad SMARTS) is 2. The summed E-state index contributed by atoms with van der Waals surface area (Å²) in [4.78, 5) is 20.0. The van der Waals surface area contributed by atoms with E-state index in [1.807, 2.05) is 0 Å². The van der Waals surface area contributed by atoms with Gasteiger partial charge < -0.3 is 14.9 Å². The average Bonchev–Trinajstić information content (AvgIpc) is 1.86. The monoisotopic (exact) mass is 162 g/mol. The van der Waals surface area contributed by atoms with Crippen LogP contribution in [-0.4, -0.2) is 35.4 Å². The third-order valence-corrected chi connectivity index (χ3v) is 1.01. The molecule has 5 nitrogen and oxygen atoms in total. The first-order chi connectivity index (χ1) is 5.04. The number of hydrogen-bond acceptors (Lipinski definition) is 3. The van der Waals surface area contributed by atoms with Gasteiger partial charge in [-0.25, -0.2) is 4.79 Å². The van der Waals surface area contributed by atoms with Gasteiger partial charge in [-0.1, -0.05) is 0 Å². The second kappa shape index (κ2) is 4.68. The van der Waals surface area contributed by atoms with Gasteiger partial charge in [-0.2, -0.15) is 0 Å². The van der Waals surface area contributed by atoms with Crippen LogP contribution in [0.4, 0.5) is 0 Å². The zero-order valence-corrected chi connectivity index (χ0v) is 6.11. The Morgan fingerprint density at radius 3 is 2.36 bits per heavy atom. The molecule has 0 radical (unpaired) electrons. The second-order valence-electron chi connectivity index (χ2n) is 2.15. The highest BCUT2D eigenvalue weighted by Gasteiger charge is 2.10. The van der Waals surface area contributed by atoms with Crippen molar-refractivity contribution in [2.45, 2.75) is 6.92 Å². The summed E-state index contributed by atoms with van der Waals surface area (Å²) in [7, 11) is 0. The lowest BCUT2D eigenvalue weighted by atomic mass is 10.2. The molecule has 0 bridgehead atoms. The molecule has 11 heavy (non-hydrogen) atoms. The maximum atomic E-state index is 10.1. The normalized spacial score (nSPS) is 12.5. The predicted molar refractivity (Wildman–Crippen MR) is 35.3 cm³/mol. The van der Waals surface area contributed by atoms with Crippen LogP contribution in [0.5, 0.6) is 0 Å². The van der Waals surface area contributed by atoms with Crippen molar-refractivity contribution in [3.05, 3.63) is 0 Å². The summed E-state index contributed by atoms with van der Waals surface area (Å²) in [5, 5.41) is 16.4. The fraction of sp³-hybridized carbons (Fsp3) is 0.667. The summed E-state index contributed by atoms with van der Waals surface area (Å²) in [5.74, 6) is -2.74. The molecule has 0 aliphatic carbocycles. The minimum Gasteiger partial charge on any atom is -0.481 e. The Labute approximate surface area is 63.6 Å². The average molecular weight is 162 g/mol. The van der Waals surface area contributed by atoms with E-state index in [-0.39, 0.29) is 6.61 Å². The van der Waals surface area contributed by atoms with E-state index in [0.29, 0.717) is 0 Å². The largest absolute Gasteiger partial charge is 0.481 e. The van der Waals surface area contributed by atoms with Crippen LogP contribution in [0.2, 0.25) is 0 Å². The van der Waals surface area contributed by atoms with Crippen molar-refractivity contribution in [2.75, 3.05) is 13.2 Å². The molecular weight excluding hydrogens is 152 g/mol. The molecule has 0 spiro atoms. The van der Waals surface area contributed by atoms with Crippen molar-refractivity contribution in [1.29, 1.82) is 0 Å². The van der Waals surface area contributed by atoms with Gasteiger partial charge in [-0.05, 0) is 6.92 Å². The first-order valence-corrected chi connectivity index (χ1v) is 3.06. The lowest BCUT2D eigenvalue weighted by Gasteiger charge is -2.04. The molecule has 5 heteroatoms. The summed E-state index contributed by atoms with van der Waals surface area (Å²) >= 11 is 0. The second-order valence-corrected chi connectivity index (χ2v) is 2.15. The number of ether oxygens (including phenoxy) is 1. The van der Waals surface area contributed by atoms with E-state index >= 15 is 0 Å². The van der Waals surface area contributed by atoms with Gasteiger partial charge in [0.25, 0.3) is 0 Å². The first-order valence-electron chi connectivity index (χ1n) is 3.06. The van der Waals surface area contributed by atoms with Crippen LogP contribution in [0.1, 0.15) is 6.92 Å². The van der Waals surface area contributed by atoms with Crippen molar-refractivity contribution in [3.8, 4) is 0 Å². The predicted octanol–water partition coefficient (Wildman–Crippen LogP) is -0.192. The molecule has 0 saturated carbocycles. The van der Waals surface area contributed by atoms with Gasteiger partial charge in [-0.3, -0.25) is 4.79 Å². The van der Waals surface area contributed by atoms with Crippen LogP contribution in [-0.2, 0) is 14.3 Å². The van der Waals surface area contributed by atoms with Crippen molar-refractivity contribution in [2.24, 2.45) is 5.92 Å². The maximum absolute atomic E-state index is 10.1. The van der Waals surface area contributed by atoms with E-state index in [0.717, 1.165) is 0 Å². The van der Waals surface area contributed by atoms with Gasteiger partial charge >= 0.3 is 11.9 Å². The van der Waals surface area contributed by atoms with Gasteiger partial charge in [0.2, 0.25) is 0 Å². The molecule has 0 heterocycles. The summed E-state index contributed by atoms with van der Waals surface area (Å²) < 4.78 is 4.54. The third kappa shape index (κ3) is 5.35. The van der Waals surface area contributed by atoms with Crippen LogP contribution in [0.25, 0.3) is 0 Å². The Morgan fingerprint density at radius 2 is 2.00 bits per heavy atom. The summed E-state index contributed by atoms with van der Waals surface area (Å²) in [5.41, 5.74) is 0. The Bertz CT molecular complexity index is 153. The van der Waals surface area contributed by atoms with Crippen molar-refractivity contribution < 1.29 is 24.5 Å². The Hall–Kier alpha value is -1.10. The number of rotatable bonds is 5. The quantitative estimate of drug-likeness (QED) is 0.585. The number of aliphatic carboxylic acids is 2. The lowest BCUT2D eigenvalue weighted by molar-refractivity contribution is -0.148. The fourth-order valence-corrected chi connectivity index (χ4v) is 0.394. The molecule has 0 saturated heterocycles. The Kier molecular flexibility index (Phi) is 4.21. The third-order valence-electron chi connectivity index (χ3n) is 1.01. The van der Waals surface area contributed by atoms with Crippen LogP contribution < -0.4 is 0 Å². The lowest BCUT2D eigenvalue weighted by Crippen LogP contribution is -2.18. The molecule has 0 fully saturated rings.